The van der Waals surface area contributed by atoms with Gasteiger partial charge in [0.25, 0.3) is 5.82 Å². The molecule has 0 aliphatic carbocycles. The average molecular weight is 373 g/mol. The van der Waals surface area contributed by atoms with Crippen LogP contribution in [0.1, 0.15) is 0 Å². The largest absolute Gasteiger partial charge is 0.392 e. The molecule has 0 unspecified atom stereocenters. The molecule has 142 valence electrons. The average Bonchev–Trinajstić information content (AvgIpc) is 3.26. The number of aliphatic hydroxyl groups excluding tert-OH is 1. The normalized spacial score (nSPS) is 15.6. The molecule has 27 heavy (non-hydrogen) atoms. The van der Waals surface area contributed by atoms with Gasteiger partial charge in [0, 0.05) is 26.2 Å². The summed E-state index contributed by atoms with van der Waals surface area (Å²) < 4.78 is 2.84. The molecule has 0 saturated carbocycles. The maximum absolute atomic E-state index is 11.2. The number of rotatable bonds is 5. The van der Waals surface area contributed by atoms with Gasteiger partial charge in [-0.25, -0.2) is 9.55 Å². The van der Waals surface area contributed by atoms with E-state index in [9.17, 15) is 15.2 Å². The second kappa shape index (κ2) is 6.89. The number of aromatic nitrogens is 6. The van der Waals surface area contributed by atoms with Crippen molar-refractivity contribution in [3.8, 4) is 11.6 Å². The molecule has 1 N–H and O–H groups in total. The van der Waals surface area contributed by atoms with Gasteiger partial charge < -0.3 is 25.0 Å². The molecule has 12 heteroatoms. The van der Waals surface area contributed by atoms with Crippen LogP contribution in [-0.2, 0) is 6.54 Å². The molecule has 0 aromatic carbocycles. The molecule has 4 rings (SSSR count). The van der Waals surface area contributed by atoms with Crippen molar-refractivity contribution in [1.82, 2.24) is 34.3 Å². The molecule has 0 spiro atoms. The van der Waals surface area contributed by atoms with Gasteiger partial charge in [0.2, 0.25) is 5.82 Å². The topological polar surface area (TPSA) is 131 Å². The van der Waals surface area contributed by atoms with Crippen LogP contribution in [0.15, 0.2) is 18.3 Å². The Balaban J connectivity index is 1.77. The fourth-order valence-electron chi connectivity index (χ4n) is 3.13. The standard InChI is InChI=1S/C15H19N9O3/c1-20-4-6-21(7-5-20)12-3-2-11-17-18-15(23(11)19-12)14-16-10-13(24(26)27)22(14)8-9-25/h2-3,10,25H,4-9H2,1H3. The minimum atomic E-state index is -0.543. The maximum atomic E-state index is 11.2. The summed E-state index contributed by atoms with van der Waals surface area (Å²) in [6.07, 6.45) is 1.15. The van der Waals surface area contributed by atoms with Crippen LogP contribution >= 0.6 is 0 Å². The first-order valence-corrected chi connectivity index (χ1v) is 8.55. The summed E-state index contributed by atoms with van der Waals surface area (Å²) in [5.41, 5.74) is 0.518. The Labute approximate surface area is 153 Å². The summed E-state index contributed by atoms with van der Waals surface area (Å²) in [5.74, 6) is 1.10. The van der Waals surface area contributed by atoms with E-state index in [1.807, 2.05) is 12.1 Å². The molecule has 12 nitrogen and oxygen atoms in total. The third-order valence-corrected chi connectivity index (χ3v) is 4.62. The van der Waals surface area contributed by atoms with E-state index in [0.717, 1.165) is 38.2 Å². The Morgan fingerprint density at radius 2 is 1.96 bits per heavy atom. The van der Waals surface area contributed by atoms with E-state index in [4.69, 9.17) is 0 Å². The first kappa shape index (κ1) is 17.3. The molecular weight excluding hydrogens is 354 g/mol. The Kier molecular flexibility index (Phi) is 4.41. The van der Waals surface area contributed by atoms with Crippen LogP contribution in [0.25, 0.3) is 17.3 Å². The molecule has 0 bridgehead atoms. The molecule has 0 amide bonds. The highest BCUT2D eigenvalue weighted by molar-refractivity contribution is 5.55. The first-order valence-electron chi connectivity index (χ1n) is 8.55. The summed E-state index contributed by atoms with van der Waals surface area (Å²) in [6.45, 7) is 3.37. The van der Waals surface area contributed by atoms with Crippen LogP contribution < -0.4 is 4.90 Å². The number of nitrogens with zero attached hydrogens (tertiary/aromatic N) is 9. The Bertz CT molecular complexity index is 974. The van der Waals surface area contributed by atoms with Gasteiger partial charge in [0.05, 0.1) is 6.61 Å². The number of hydrogen-bond acceptors (Lipinski definition) is 9. The molecule has 1 aliphatic rings. The van der Waals surface area contributed by atoms with E-state index >= 15 is 0 Å². The molecule has 0 radical (unpaired) electrons. The van der Waals surface area contributed by atoms with Crippen LogP contribution in [0.5, 0.6) is 0 Å². The number of hydrogen-bond donors (Lipinski definition) is 1. The van der Waals surface area contributed by atoms with Gasteiger partial charge in [0.1, 0.15) is 18.6 Å². The van der Waals surface area contributed by atoms with Gasteiger partial charge in [-0.15, -0.1) is 15.3 Å². The quantitative estimate of drug-likeness (QED) is 0.470. The van der Waals surface area contributed by atoms with Gasteiger partial charge in [-0.1, -0.05) is 0 Å². The smallest absolute Gasteiger partial charge is 0.343 e. The summed E-state index contributed by atoms with van der Waals surface area (Å²) in [7, 11) is 2.08. The Morgan fingerprint density at radius 1 is 1.19 bits per heavy atom. The molecule has 1 saturated heterocycles. The van der Waals surface area contributed by atoms with Crippen LogP contribution in [0, 0.1) is 10.1 Å². The van der Waals surface area contributed by atoms with Gasteiger partial charge in [-0.3, -0.25) is 0 Å². The SMILES string of the molecule is CN1CCN(c2ccc3nnc(-c4ncc([N+](=O)[O-])n4CCO)n3n2)CC1. The zero-order valence-corrected chi connectivity index (χ0v) is 14.8. The summed E-state index contributed by atoms with van der Waals surface area (Å²) in [4.78, 5) is 19.2. The monoisotopic (exact) mass is 373 g/mol. The van der Waals surface area contributed by atoms with Crippen molar-refractivity contribution < 1.29 is 10.0 Å². The van der Waals surface area contributed by atoms with Gasteiger partial charge in [0.15, 0.2) is 5.65 Å². The molecule has 1 fully saturated rings. The molecule has 3 aromatic heterocycles. The van der Waals surface area contributed by atoms with Crippen molar-refractivity contribution in [3.63, 3.8) is 0 Å². The highest BCUT2D eigenvalue weighted by Gasteiger charge is 2.26. The van der Waals surface area contributed by atoms with E-state index in [0.29, 0.717) is 11.5 Å². The van der Waals surface area contributed by atoms with Crippen LogP contribution in [0.4, 0.5) is 11.6 Å². The van der Waals surface area contributed by atoms with E-state index < -0.39 is 4.92 Å². The van der Waals surface area contributed by atoms with Gasteiger partial charge in [-0.2, -0.15) is 4.52 Å². The van der Waals surface area contributed by atoms with E-state index in [2.05, 4.69) is 37.1 Å². The van der Waals surface area contributed by atoms with E-state index in [1.54, 1.807) is 0 Å². The predicted octanol–water partition coefficient (Wildman–Crippen LogP) is -0.360. The number of anilines is 1. The number of piperazine rings is 1. The molecule has 1 aliphatic heterocycles. The van der Waals surface area contributed by atoms with Crippen molar-refractivity contribution in [2.24, 2.45) is 0 Å². The lowest BCUT2D eigenvalue weighted by Gasteiger charge is -2.32. The maximum Gasteiger partial charge on any atom is 0.343 e. The van der Waals surface area contributed by atoms with Crippen LogP contribution in [0.2, 0.25) is 0 Å². The van der Waals surface area contributed by atoms with Gasteiger partial charge >= 0.3 is 5.82 Å². The van der Waals surface area contributed by atoms with Gasteiger partial charge in [-0.05, 0) is 24.1 Å². The highest BCUT2D eigenvalue weighted by Crippen LogP contribution is 2.23. The Morgan fingerprint density at radius 3 is 2.67 bits per heavy atom. The number of imidazole rings is 1. The molecule has 4 heterocycles. The lowest BCUT2D eigenvalue weighted by Crippen LogP contribution is -2.44. The summed E-state index contributed by atoms with van der Waals surface area (Å²) >= 11 is 0. The molecular formula is C15H19N9O3. The second-order valence-electron chi connectivity index (χ2n) is 6.35. The van der Waals surface area contributed by atoms with Crippen molar-refractivity contribution in [2.75, 3.05) is 44.7 Å². The van der Waals surface area contributed by atoms with E-state index in [1.165, 1.54) is 9.08 Å². The predicted molar refractivity (Wildman–Crippen MR) is 95.5 cm³/mol. The second-order valence-corrected chi connectivity index (χ2v) is 6.35. The molecule has 0 atom stereocenters. The number of aliphatic hydroxyl groups is 1. The number of nitro groups is 1. The lowest BCUT2D eigenvalue weighted by atomic mass is 10.3. The van der Waals surface area contributed by atoms with Crippen molar-refractivity contribution in [1.29, 1.82) is 0 Å². The van der Waals surface area contributed by atoms with Crippen LogP contribution in [0.3, 0.4) is 0 Å². The molecule has 3 aromatic rings. The van der Waals surface area contributed by atoms with Crippen molar-refractivity contribution in [2.45, 2.75) is 6.54 Å². The number of likely N-dealkylation sites (N-methyl/N-ethyl adjacent to an activating group) is 1. The summed E-state index contributed by atoms with van der Waals surface area (Å²) in [6, 6.07) is 3.70. The van der Waals surface area contributed by atoms with Crippen LogP contribution in [-0.4, -0.2) is 84.1 Å². The van der Waals surface area contributed by atoms with Crippen molar-refractivity contribution in [3.05, 3.63) is 28.4 Å². The van der Waals surface area contributed by atoms with Crippen molar-refractivity contribution >= 4 is 17.3 Å². The third-order valence-electron chi connectivity index (χ3n) is 4.62. The minimum Gasteiger partial charge on any atom is -0.392 e. The zero-order chi connectivity index (χ0) is 19.0. The lowest BCUT2D eigenvalue weighted by molar-refractivity contribution is -0.392. The minimum absolute atomic E-state index is 0.0265. The fourth-order valence-corrected chi connectivity index (χ4v) is 3.13. The van der Waals surface area contributed by atoms with E-state index in [-0.39, 0.29) is 24.8 Å². The third kappa shape index (κ3) is 3.08. The highest BCUT2D eigenvalue weighted by atomic mass is 16.6. The zero-order valence-electron chi connectivity index (χ0n) is 14.8. The first-order chi connectivity index (χ1) is 13.1. The Hall–Kier alpha value is -3.12. The summed E-state index contributed by atoms with van der Waals surface area (Å²) in [5, 5.41) is 33.3. The fraction of sp³-hybridized carbons (Fsp3) is 0.467. The number of fused-ring (bicyclic) bond motifs is 1.